The first kappa shape index (κ1) is 29.5. The average Bonchev–Trinajstić information content (AvgIpc) is 3.64. The molecule has 0 aliphatic heterocycles. The zero-order valence-electron chi connectivity index (χ0n) is 28.7. The molecule has 9 aromatic rings. The molecule has 2 nitrogen and oxygen atoms in total. The molecule has 1 aromatic heterocycles. The second kappa shape index (κ2) is 11.3. The van der Waals surface area contributed by atoms with Crippen LogP contribution in [0, 0.1) is 0 Å². The van der Waals surface area contributed by atoms with E-state index in [1.165, 1.54) is 77.3 Å². The number of rotatable bonds is 5. The molecular weight excluding hydrogens is 617 g/mol. The van der Waals surface area contributed by atoms with Gasteiger partial charge in [-0.05, 0) is 111 Å². The standard InChI is InChI=1S/C49H36N2/c1-49(2)45-20-9-6-17-41(45)42-28-27-40(32-46(42)49)50(37-14-4-3-5-15-37)39-26-25-35-29-34(23-24-36(35)31-39)33-13-12-16-38(30-33)51-47-21-10-7-18-43(47)44-19-8-11-22-48(44)51/h3-32H,1-2H3. The van der Waals surface area contributed by atoms with Gasteiger partial charge >= 0.3 is 0 Å². The fourth-order valence-corrected chi connectivity index (χ4v) is 8.43. The van der Waals surface area contributed by atoms with Gasteiger partial charge in [-0.3, -0.25) is 0 Å². The van der Waals surface area contributed by atoms with Crippen molar-refractivity contribution in [3.05, 3.63) is 193 Å². The van der Waals surface area contributed by atoms with Gasteiger partial charge in [0.15, 0.2) is 0 Å². The molecular formula is C49H36N2. The summed E-state index contributed by atoms with van der Waals surface area (Å²) in [7, 11) is 0. The van der Waals surface area contributed by atoms with Crippen LogP contribution in [0.1, 0.15) is 25.0 Å². The van der Waals surface area contributed by atoms with E-state index >= 15 is 0 Å². The van der Waals surface area contributed by atoms with Crippen LogP contribution in [0.25, 0.3) is 60.5 Å². The van der Waals surface area contributed by atoms with Gasteiger partial charge in [0.25, 0.3) is 0 Å². The molecule has 1 heterocycles. The summed E-state index contributed by atoms with van der Waals surface area (Å²) < 4.78 is 2.39. The van der Waals surface area contributed by atoms with E-state index in [1.807, 2.05) is 0 Å². The van der Waals surface area contributed by atoms with Crippen molar-refractivity contribution in [1.82, 2.24) is 4.57 Å². The van der Waals surface area contributed by atoms with Crippen molar-refractivity contribution in [3.8, 4) is 27.9 Å². The molecule has 0 N–H and O–H groups in total. The molecule has 0 atom stereocenters. The second-order valence-electron chi connectivity index (χ2n) is 14.2. The maximum atomic E-state index is 2.40. The Morgan fingerprint density at radius 3 is 1.82 bits per heavy atom. The van der Waals surface area contributed by atoms with Gasteiger partial charge in [-0.1, -0.05) is 129 Å². The van der Waals surface area contributed by atoms with Crippen molar-refractivity contribution in [2.45, 2.75) is 19.3 Å². The maximum absolute atomic E-state index is 2.40. The zero-order chi connectivity index (χ0) is 34.1. The van der Waals surface area contributed by atoms with E-state index in [1.54, 1.807) is 0 Å². The molecule has 0 radical (unpaired) electrons. The molecule has 0 fully saturated rings. The van der Waals surface area contributed by atoms with E-state index in [9.17, 15) is 0 Å². The van der Waals surface area contributed by atoms with Crippen molar-refractivity contribution in [2.24, 2.45) is 0 Å². The quantitative estimate of drug-likeness (QED) is 0.180. The lowest BCUT2D eigenvalue weighted by molar-refractivity contribution is 0.660. The van der Waals surface area contributed by atoms with Gasteiger partial charge < -0.3 is 9.47 Å². The molecule has 8 aromatic carbocycles. The van der Waals surface area contributed by atoms with E-state index in [4.69, 9.17) is 0 Å². The normalized spacial score (nSPS) is 13.1. The topological polar surface area (TPSA) is 8.17 Å². The summed E-state index contributed by atoms with van der Waals surface area (Å²) in [6.07, 6.45) is 0. The highest BCUT2D eigenvalue weighted by atomic mass is 15.1. The Morgan fingerprint density at radius 2 is 1.02 bits per heavy atom. The number of aromatic nitrogens is 1. The van der Waals surface area contributed by atoms with Gasteiger partial charge in [0, 0.05) is 38.9 Å². The molecule has 0 bridgehead atoms. The molecule has 0 unspecified atom stereocenters. The Morgan fingerprint density at radius 1 is 0.412 bits per heavy atom. The van der Waals surface area contributed by atoms with Gasteiger partial charge in [-0.25, -0.2) is 0 Å². The summed E-state index contributed by atoms with van der Waals surface area (Å²) in [6.45, 7) is 4.70. The van der Waals surface area contributed by atoms with E-state index < -0.39 is 0 Å². The smallest absolute Gasteiger partial charge is 0.0541 e. The van der Waals surface area contributed by atoms with Gasteiger partial charge in [0.05, 0.1) is 11.0 Å². The third-order valence-electron chi connectivity index (χ3n) is 10.9. The van der Waals surface area contributed by atoms with Crippen LogP contribution in [0.15, 0.2) is 182 Å². The first-order valence-corrected chi connectivity index (χ1v) is 17.8. The van der Waals surface area contributed by atoms with E-state index in [-0.39, 0.29) is 5.41 Å². The fraction of sp³-hybridized carbons (Fsp3) is 0.0612. The third kappa shape index (κ3) is 4.64. The van der Waals surface area contributed by atoms with Crippen molar-refractivity contribution >= 4 is 49.6 Å². The molecule has 0 saturated carbocycles. The Hall–Kier alpha value is -6.38. The molecule has 10 rings (SSSR count). The number of benzene rings is 8. The van der Waals surface area contributed by atoms with Gasteiger partial charge in [0.2, 0.25) is 0 Å². The van der Waals surface area contributed by atoms with E-state index in [2.05, 4.69) is 205 Å². The zero-order valence-corrected chi connectivity index (χ0v) is 28.7. The summed E-state index contributed by atoms with van der Waals surface area (Å²) in [5.41, 5.74) is 14.8. The van der Waals surface area contributed by atoms with Crippen molar-refractivity contribution in [2.75, 3.05) is 4.90 Å². The lowest BCUT2D eigenvalue weighted by atomic mass is 9.82. The first-order valence-electron chi connectivity index (χ1n) is 17.8. The lowest BCUT2D eigenvalue weighted by Gasteiger charge is -2.28. The Labute approximate surface area is 298 Å². The van der Waals surface area contributed by atoms with Crippen LogP contribution in [0.5, 0.6) is 0 Å². The number of nitrogens with zero attached hydrogens (tertiary/aromatic N) is 2. The summed E-state index contributed by atoms with van der Waals surface area (Å²) in [5, 5.41) is 4.98. The molecule has 1 aliphatic rings. The van der Waals surface area contributed by atoms with Crippen LogP contribution >= 0.6 is 0 Å². The first-order chi connectivity index (χ1) is 25.0. The van der Waals surface area contributed by atoms with E-state index in [0.717, 1.165) is 11.4 Å². The van der Waals surface area contributed by atoms with Gasteiger partial charge in [-0.15, -0.1) is 0 Å². The maximum Gasteiger partial charge on any atom is 0.0541 e. The van der Waals surface area contributed by atoms with Gasteiger partial charge in [-0.2, -0.15) is 0 Å². The highest BCUT2D eigenvalue weighted by Gasteiger charge is 2.35. The summed E-state index contributed by atoms with van der Waals surface area (Å²) in [4.78, 5) is 2.39. The monoisotopic (exact) mass is 652 g/mol. The number of anilines is 3. The van der Waals surface area contributed by atoms with Crippen LogP contribution < -0.4 is 4.90 Å². The SMILES string of the molecule is CC1(C)c2ccccc2-c2ccc(N(c3ccccc3)c3ccc4cc(-c5cccc(-n6c7ccccc7c7ccccc76)c5)ccc4c3)cc21. The Balaban J connectivity index is 1.05. The predicted molar refractivity (Wildman–Crippen MR) is 216 cm³/mol. The summed E-state index contributed by atoms with van der Waals surface area (Å²) in [6, 6.07) is 66.6. The van der Waals surface area contributed by atoms with Crippen molar-refractivity contribution < 1.29 is 0 Å². The minimum Gasteiger partial charge on any atom is -0.310 e. The van der Waals surface area contributed by atoms with Crippen LogP contribution in [0.3, 0.4) is 0 Å². The largest absolute Gasteiger partial charge is 0.310 e. The minimum absolute atomic E-state index is 0.0665. The molecule has 51 heavy (non-hydrogen) atoms. The van der Waals surface area contributed by atoms with Gasteiger partial charge in [0.1, 0.15) is 0 Å². The summed E-state index contributed by atoms with van der Waals surface area (Å²) >= 11 is 0. The second-order valence-corrected chi connectivity index (χ2v) is 14.2. The molecule has 0 spiro atoms. The van der Waals surface area contributed by atoms with Crippen LogP contribution in [-0.2, 0) is 5.41 Å². The summed E-state index contributed by atoms with van der Waals surface area (Å²) in [5.74, 6) is 0. The number of hydrogen-bond donors (Lipinski definition) is 0. The lowest BCUT2D eigenvalue weighted by Crippen LogP contribution is -2.16. The highest BCUT2D eigenvalue weighted by molar-refractivity contribution is 6.09. The molecule has 242 valence electrons. The number of para-hydroxylation sites is 3. The number of hydrogen-bond acceptors (Lipinski definition) is 1. The molecule has 1 aliphatic carbocycles. The highest BCUT2D eigenvalue weighted by Crippen LogP contribution is 2.50. The third-order valence-corrected chi connectivity index (χ3v) is 10.9. The average molecular weight is 653 g/mol. The Kier molecular flexibility index (Phi) is 6.56. The predicted octanol–water partition coefficient (Wildman–Crippen LogP) is 13.4. The van der Waals surface area contributed by atoms with Crippen LogP contribution in [-0.4, -0.2) is 4.57 Å². The fourth-order valence-electron chi connectivity index (χ4n) is 8.43. The molecule has 2 heteroatoms. The van der Waals surface area contributed by atoms with Crippen molar-refractivity contribution in [3.63, 3.8) is 0 Å². The van der Waals surface area contributed by atoms with Crippen LogP contribution in [0.2, 0.25) is 0 Å². The van der Waals surface area contributed by atoms with E-state index in [0.29, 0.717) is 0 Å². The minimum atomic E-state index is -0.0665. The number of fused-ring (bicyclic) bond motifs is 7. The van der Waals surface area contributed by atoms with Crippen molar-refractivity contribution in [1.29, 1.82) is 0 Å². The van der Waals surface area contributed by atoms with Crippen LogP contribution in [0.4, 0.5) is 17.1 Å². The Bertz CT molecular complexity index is 2730. The molecule has 0 saturated heterocycles. The molecule has 0 amide bonds.